The molecule has 19 nitrogen and oxygen atoms in total. The molecule has 4 rings (SSSR count). The third kappa shape index (κ3) is 6.60. The van der Waals surface area contributed by atoms with Crippen molar-refractivity contribution in [3.8, 4) is 0 Å². The summed E-state index contributed by atoms with van der Waals surface area (Å²) in [5.41, 5.74) is 35.6. The largest absolute Gasteiger partial charge is 0.394 e. The van der Waals surface area contributed by atoms with Gasteiger partial charge in [0.15, 0.2) is 18.9 Å². The first-order chi connectivity index (χ1) is 19.8. The van der Waals surface area contributed by atoms with E-state index in [-0.39, 0.29) is 19.5 Å². The lowest BCUT2D eigenvalue weighted by molar-refractivity contribution is -0.306. The van der Waals surface area contributed by atoms with E-state index >= 15 is 0 Å². The lowest BCUT2D eigenvalue weighted by Crippen LogP contribution is -2.68. The van der Waals surface area contributed by atoms with Crippen LogP contribution in [0, 0.1) is 0 Å². The summed E-state index contributed by atoms with van der Waals surface area (Å²) in [6.45, 7) is -0.967. The van der Waals surface area contributed by atoms with E-state index in [1.165, 1.54) is 0 Å². The first-order valence-corrected chi connectivity index (χ1v) is 13.9. The molecule has 4 aliphatic rings. The van der Waals surface area contributed by atoms with Gasteiger partial charge in [-0.3, -0.25) is 0 Å². The molecule has 0 bridgehead atoms. The molecule has 0 aromatic heterocycles. The Balaban J connectivity index is 1.50. The Kier molecular flexibility index (Phi) is 11.5. The standard InChI is InChI=1S/C23H46N6O13/c24-2-7-13(32)15(34)10(28)21(37-7)40-18-6(27)1-5(26)12(31)20(18)42-23-17(36)19(9(4-30)39-23)41-22-11(29)16(35)14(33)8(3-25)38-22/h5-23,30-36H,1-4,24-29H2/t5-,6+,7-,8+,9-,10-,11-,12+,13+,14+,15-,16-,17-,18-,19+,20+,21-,22-,23+/m1/s1. The molecule has 3 aliphatic heterocycles. The van der Waals surface area contributed by atoms with E-state index in [1.807, 2.05) is 0 Å². The van der Waals surface area contributed by atoms with Gasteiger partial charge in [-0.15, -0.1) is 0 Å². The van der Waals surface area contributed by atoms with Gasteiger partial charge in [-0.05, 0) is 6.42 Å². The number of ether oxygens (including phenoxy) is 6. The van der Waals surface area contributed by atoms with Crippen LogP contribution in [0.2, 0.25) is 0 Å². The highest BCUT2D eigenvalue weighted by atomic mass is 16.8. The Labute approximate surface area is 241 Å². The summed E-state index contributed by atoms with van der Waals surface area (Å²) in [5, 5.41) is 73.0. The third-order valence-corrected chi connectivity index (χ3v) is 8.37. The van der Waals surface area contributed by atoms with Crippen molar-refractivity contribution in [2.24, 2.45) is 34.4 Å². The van der Waals surface area contributed by atoms with E-state index in [0.717, 1.165) is 0 Å². The molecule has 0 aromatic rings. The molecular weight excluding hydrogens is 568 g/mol. The molecule has 0 radical (unpaired) electrons. The van der Waals surface area contributed by atoms with Gasteiger partial charge in [-0.1, -0.05) is 0 Å². The number of hydrogen-bond donors (Lipinski definition) is 13. The smallest absolute Gasteiger partial charge is 0.187 e. The van der Waals surface area contributed by atoms with Crippen LogP contribution >= 0.6 is 0 Å². The van der Waals surface area contributed by atoms with Crippen LogP contribution in [-0.2, 0) is 28.4 Å². The normalized spacial score (nSPS) is 53.8. The molecule has 1 saturated carbocycles. The molecule has 0 spiro atoms. The van der Waals surface area contributed by atoms with Gasteiger partial charge in [0, 0.05) is 25.2 Å². The highest BCUT2D eigenvalue weighted by molar-refractivity contribution is 5.02. The van der Waals surface area contributed by atoms with Gasteiger partial charge in [0.2, 0.25) is 0 Å². The van der Waals surface area contributed by atoms with Gasteiger partial charge in [-0.2, -0.15) is 0 Å². The van der Waals surface area contributed by atoms with Gasteiger partial charge in [0.05, 0.1) is 24.8 Å². The van der Waals surface area contributed by atoms with Crippen LogP contribution in [0.25, 0.3) is 0 Å². The molecule has 0 amide bonds. The van der Waals surface area contributed by atoms with Crippen LogP contribution in [0.4, 0.5) is 0 Å². The summed E-state index contributed by atoms with van der Waals surface area (Å²) in [6, 6.07) is -4.18. The summed E-state index contributed by atoms with van der Waals surface area (Å²) in [6.07, 6.45) is -19.8. The van der Waals surface area contributed by atoms with E-state index in [9.17, 15) is 35.7 Å². The van der Waals surface area contributed by atoms with Crippen molar-refractivity contribution >= 4 is 0 Å². The Morgan fingerprint density at radius 3 is 1.45 bits per heavy atom. The van der Waals surface area contributed by atoms with E-state index in [4.69, 9.17) is 62.8 Å². The van der Waals surface area contributed by atoms with Gasteiger partial charge in [-0.25, -0.2) is 0 Å². The average Bonchev–Trinajstić information content (AvgIpc) is 3.27. The number of aliphatic hydroxyl groups is 7. The fourth-order valence-corrected chi connectivity index (χ4v) is 5.74. The van der Waals surface area contributed by atoms with Gasteiger partial charge >= 0.3 is 0 Å². The Morgan fingerprint density at radius 2 is 0.976 bits per heavy atom. The summed E-state index contributed by atoms with van der Waals surface area (Å²) in [5.74, 6) is 0. The zero-order valence-corrected chi connectivity index (χ0v) is 22.8. The predicted molar refractivity (Wildman–Crippen MR) is 138 cm³/mol. The number of rotatable bonds is 9. The van der Waals surface area contributed by atoms with E-state index < -0.39 is 123 Å². The monoisotopic (exact) mass is 614 g/mol. The number of nitrogens with two attached hydrogens (primary N) is 6. The zero-order chi connectivity index (χ0) is 31.0. The van der Waals surface area contributed by atoms with E-state index in [0.29, 0.717) is 0 Å². The quantitative estimate of drug-likeness (QED) is 0.115. The summed E-state index contributed by atoms with van der Waals surface area (Å²) in [4.78, 5) is 0. The van der Waals surface area contributed by atoms with Crippen molar-refractivity contribution in [2.45, 2.75) is 123 Å². The van der Waals surface area contributed by atoms with Gasteiger partial charge in [0.1, 0.15) is 67.1 Å². The fourth-order valence-electron chi connectivity index (χ4n) is 5.74. The average molecular weight is 615 g/mol. The molecule has 19 atom stereocenters. The van der Waals surface area contributed by atoms with Crippen molar-refractivity contribution in [3.63, 3.8) is 0 Å². The fraction of sp³-hybridized carbons (Fsp3) is 1.00. The number of aliphatic hydroxyl groups excluding tert-OH is 7. The van der Waals surface area contributed by atoms with Crippen molar-refractivity contribution in [1.29, 1.82) is 0 Å². The molecular formula is C23H46N6O13. The van der Waals surface area contributed by atoms with E-state index in [2.05, 4.69) is 0 Å². The molecule has 0 unspecified atom stereocenters. The minimum absolute atomic E-state index is 0.0889. The van der Waals surface area contributed by atoms with Crippen LogP contribution in [0.1, 0.15) is 6.42 Å². The van der Waals surface area contributed by atoms with Crippen molar-refractivity contribution in [1.82, 2.24) is 0 Å². The van der Waals surface area contributed by atoms with Gasteiger partial charge < -0.3 is 98.6 Å². The molecule has 1 aliphatic carbocycles. The maximum absolute atomic E-state index is 11.1. The SMILES string of the molecule is NC[C@@H]1O[C@H](O[C@@H]2[C@@H](O)[C@H](O[C@H]3[C@@H](O)[C@H](N)C[C@H](N)[C@H]3O[C@H]3O[C@H](CN)[C@H](O)[C@H](O)[C@H]3N)O[C@@H]2CO)[C@H](N)[C@@H](O)[C@H]1O. The molecule has 19 heteroatoms. The first-order valence-electron chi connectivity index (χ1n) is 13.9. The molecule has 0 aromatic carbocycles. The Bertz CT molecular complexity index is 868. The molecule has 19 N–H and O–H groups in total. The number of hydrogen-bond acceptors (Lipinski definition) is 19. The van der Waals surface area contributed by atoms with Crippen LogP contribution in [0.15, 0.2) is 0 Å². The van der Waals surface area contributed by atoms with Crippen LogP contribution < -0.4 is 34.4 Å². The zero-order valence-electron chi connectivity index (χ0n) is 22.8. The van der Waals surface area contributed by atoms with E-state index in [1.54, 1.807) is 0 Å². The van der Waals surface area contributed by atoms with Crippen molar-refractivity contribution in [3.05, 3.63) is 0 Å². The van der Waals surface area contributed by atoms with Crippen LogP contribution in [0.5, 0.6) is 0 Å². The molecule has 246 valence electrons. The highest BCUT2D eigenvalue weighted by Crippen LogP contribution is 2.34. The maximum Gasteiger partial charge on any atom is 0.187 e. The second-order valence-electron chi connectivity index (χ2n) is 11.2. The third-order valence-electron chi connectivity index (χ3n) is 8.37. The minimum Gasteiger partial charge on any atom is -0.394 e. The maximum atomic E-state index is 11.1. The lowest BCUT2D eigenvalue weighted by Gasteiger charge is -2.47. The molecule has 4 fully saturated rings. The second-order valence-corrected chi connectivity index (χ2v) is 11.2. The van der Waals surface area contributed by atoms with Crippen molar-refractivity contribution in [2.75, 3.05) is 19.7 Å². The highest BCUT2D eigenvalue weighted by Gasteiger charge is 2.54. The Morgan fingerprint density at radius 1 is 0.524 bits per heavy atom. The molecule has 3 saturated heterocycles. The topological polar surface area (TPSA) is 353 Å². The molecule has 3 heterocycles. The van der Waals surface area contributed by atoms with Gasteiger partial charge in [0.25, 0.3) is 0 Å². The van der Waals surface area contributed by atoms with Crippen LogP contribution in [0.3, 0.4) is 0 Å². The minimum atomic E-state index is -1.60. The first kappa shape index (κ1) is 34.1. The van der Waals surface area contributed by atoms with Crippen molar-refractivity contribution < 1.29 is 64.2 Å². The van der Waals surface area contributed by atoms with Crippen LogP contribution in [-0.4, -0.2) is 172 Å². The summed E-state index contributed by atoms with van der Waals surface area (Å²) in [7, 11) is 0. The molecule has 42 heavy (non-hydrogen) atoms. The summed E-state index contributed by atoms with van der Waals surface area (Å²) >= 11 is 0. The second kappa shape index (κ2) is 14.1. The predicted octanol–water partition coefficient (Wildman–Crippen LogP) is -8.90. The summed E-state index contributed by atoms with van der Waals surface area (Å²) < 4.78 is 34.6. The lowest BCUT2D eigenvalue weighted by atomic mass is 9.84. The Hall–Kier alpha value is -0.760.